The lowest BCUT2D eigenvalue weighted by Crippen LogP contribution is -2.03. The number of nitrogen functional groups attached to an aromatic ring is 2. The van der Waals surface area contributed by atoms with Crippen LogP contribution in [0.3, 0.4) is 0 Å². The minimum absolute atomic E-state index is 0.200. The Morgan fingerprint density at radius 3 is 2.78 bits per heavy atom. The van der Waals surface area contributed by atoms with Crippen LogP contribution in [0.1, 0.15) is 18.5 Å². The van der Waals surface area contributed by atoms with Gasteiger partial charge in [-0.05, 0) is 25.2 Å². The fourth-order valence-electron chi connectivity index (χ4n) is 2.14. The third kappa shape index (κ3) is 2.01. The van der Waals surface area contributed by atoms with Gasteiger partial charge in [0, 0.05) is 24.4 Å². The average Bonchev–Trinajstić information content (AvgIpc) is 3.03. The Labute approximate surface area is 105 Å². The molecule has 0 radical (unpaired) electrons. The number of nitrogens with zero attached hydrogens (tertiary/aromatic N) is 4. The molecule has 3 rings (SSSR count). The van der Waals surface area contributed by atoms with Crippen molar-refractivity contribution in [1.82, 2.24) is 19.7 Å². The Balaban J connectivity index is 2.04. The monoisotopic (exact) mass is 244 g/mol. The number of aryl methyl sites for hydroxylation is 1. The second kappa shape index (κ2) is 3.97. The van der Waals surface area contributed by atoms with E-state index in [-0.39, 0.29) is 5.95 Å². The van der Waals surface area contributed by atoms with Crippen LogP contribution in [-0.2, 0) is 13.5 Å². The molecule has 1 aliphatic carbocycles. The van der Waals surface area contributed by atoms with E-state index in [4.69, 9.17) is 11.5 Å². The van der Waals surface area contributed by atoms with Gasteiger partial charge in [-0.25, -0.2) is 4.98 Å². The van der Waals surface area contributed by atoms with E-state index in [0.717, 1.165) is 23.6 Å². The van der Waals surface area contributed by atoms with Crippen LogP contribution in [0.5, 0.6) is 0 Å². The number of nitrogens with two attached hydrogens (primary N) is 2. The summed E-state index contributed by atoms with van der Waals surface area (Å²) in [5.41, 5.74) is 14.3. The van der Waals surface area contributed by atoms with Crippen molar-refractivity contribution < 1.29 is 0 Å². The van der Waals surface area contributed by atoms with Gasteiger partial charge < -0.3 is 11.5 Å². The van der Waals surface area contributed by atoms with Crippen molar-refractivity contribution in [2.45, 2.75) is 19.3 Å². The Bertz CT molecular complexity index is 564. The highest BCUT2D eigenvalue weighted by atomic mass is 15.3. The molecule has 1 saturated carbocycles. The number of aromatic nitrogens is 4. The maximum Gasteiger partial charge on any atom is 0.222 e. The molecule has 4 N–H and O–H groups in total. The van der Waals surface area contributed by atoms with Gasteiger partial charge in [0.05, 0.1) is 11.9 Å². The topological polar surface area (TPSA) is 95.6 Å². The summed E-state index contributed by atoms with van der Waals surface area (Å²) in [6.07, 6.45) is 5.46. The van der Waals surface area contributed by atoms with Crippen molar-refractivity contribution >= 4 is 11.8 Å². The van der Waals surface area contributed by atoms with E-state index in [9.17, 15) is 0 Å². The van der Waals surface area contributed by atoms with Crippen LogP contribution in [0.4, 0.5) is 11.8 Å². The lowest BCUT2D eigenvalue weighted by molar-refractivity contribution is 0.677. The van der Waals surface area contributed by atoms with Crippen molar-refractivity contribution in [3.63, 3.8) is 0 Å². The lowest BCUT2D eigenvalue weighted by Gasteiger charge is -2.06. The zero-order valence-electron chi connectivity index (χ0n) is 10.3. The third-order valence-electron chi connectivity index (χ3n) is 3.28. The molecule has 1 fully saturated rings. The summed E-state index contributed by atoms with van der Waals surface area (Å²) in [4.78, 5) is 8.13. The number of rotatable bonds is 3. The second-order valence-corrected chi connectivity index (χ2v) is 4.81. The standard InChI is InChI=1S/C12H16N6/c1-18-10(4-7-2-3-7)8(6-15-18)9-5-11(13)17-12(14)16-9/h5-7H,2-4H2,1H3,(H4,13,14,16,17). The lowest BCUT2D eigenvalue weighted by atomic mass is 10.1. The van der Waals surface area contributed by atoms with Crippen LogP contribution >= 0.6 is 0 Å². The molecule has 94 valence electrons. The zero-order chi connectivity index (χ0) is 12.7. The van der Waals surface area contributed by atoms with Crippen molar-refractivity contribution in [3.05, 3.63) is 18.0 Å². The minimum atomic E-state index is 0.200. The van der Waals surface area contributed by atoms with Gasteiger partial charge in [-0.1, -0.05) is 0 Å². The molecule has 0 aliphatic heterocycles. The van der Waals surface area contributed by atoms with E-state index in [0.29, 0.717) is 5.82 Å². The smallest absolute Gasteiger partial charge is 0.222 e. The van der Waals surface area contributed by atoms with Crippen molar-refractivity contribution in [3.8, 4) is 11.3 Å². The molecule has 0 aromatic carbocycles. The van der Waals surface area contributed by atoms with Crippen LogP contribution in [0.2, 0.25) is 0 Å². The van der Waals surface area contributed by atoms with Gasteiger partial charge in [0.1, 0.15) is 5.82 Å². The summed E-state index contributed by atoms with van der Waals surface area (Å²) in [6, 6.07) is 1.74. The van der Waals surface area contributed by atoms with E-state index < -0.39 is 0 Å². The van der Waals surface area contributed by atoms with Gasteiger partial charge in [-0.2, -0.15) is 10.1 Å². The maximum absolute atomic E-state index is 5.71. The van der Waals surface area contributed by atoms with Gasteiger partial charge in [0.2, 0.25) is 5.95 Å². The molecule has 0 saturated heterocycles. The fraction of sp³-hybridized carbons (Fsp3) is 0.417. The first-order valence-corrected chi connectivity index (χ1v) is 6.05. The van der Waals surface area contributed by atoms with Gasteiger partial charge >= 0.3 is 0 Å². The Morgan fingerprint density at radius 2 is 2.11 bits per heavy atom. The molecule has 1 aliphatic rings. The first kappa shape index (κ1) is 11.0. The Kier molecular flexibility index (Phi) is 2.43. The average molecular weight is 244 g/mol. The Morgan fingerprint density at radius 1 is 1.33 bits per heavy atom. The zero-order valence-corrected chi connectivity index (χ0v) is 10.3. The van der Waals surface area contributed by atoms with Gasteiger partial charge in [0.25, 0.3) is 0 Å². The molecule has 2 aromatic rings. The minimum Gasteiger partial charge on any atom is -0.384 e. The normalized spacial score (nSPS) is 14.9. The first-order chi connectivity index (χ1) is 8.63. The number of hydrogen-bond acceptors (Lipinski definition) is 5. The molecular weight excluding hydrogens is 228 g/mol. The number of anilines is 2. The van der Waals surface area contributed by atoms with E-state index in [2.05, 4.69) is 15.1 Å². The molecule has 0 spiro atoms. The predicted octanol–water partition coefficient (Wildman–Crippen LogP) is 0.994. The summed E-state index contributed by atoms with van der Waals surface area (Å²) in [6.45, 7) is 0. The summed E-state index contributed by atoms with van der Waals surface area (Å²) in [5, 5.41) is 4.31. The van der Waals surface area contributed by atoms with Crippen molar-refractivity contribution in [1.29, 1.82) is 0 Å². The van der Waals surface area contributed by atoms with E-state index in [1.165, 1.54) is 18.5 Å². The summed E-state index contributed by atoms with van der Waals surface area (Å²) >= 11 is 0. The van der Waals surface area contributed by atoms with Gasteiger partial charge in [0.15, 0.2) is 0 Å². The molecule has 18 heavy (non-hydrogen) atoms. The molecule has 6 nitrogen and oxygen atoms in total. The highest BCUT2D eigenvalue weighted by molar-refractivity contribution is 5.65. The fourth-order valence-corrected chi connectivity index (χ4v) is 2.14. The largest absolute Gasteiger partial charge is 0.384 e. The molecule has 6 heteroatoms. The van der Waals surface area contributed by atoms with Crippen LogP contribution in [0.15, 0.2) is 12.3 Å². The summed E-state index contributed by atoms with van der Waals surface area (Å²) in [5.74, 6) is 1.38. The van der Waals surface area contributed by atoms with E-state index in [1.807, 2.05) is 17.9 Å². The van der Waals surface area contributed by atoms with Crippen LogP contribution in [0, 0.1) is 5.92 Å². The SMILES string of the molecule is Cn1ncc(-c2cc(N)nc(N)n2)c1CC1CC1. The quantitative estimate of drug-likeness (QED) is 0.839. The molecule has 2 heterocycles. The third-order valence-corrected chi connectivity index (χ3v) is 3.28. The molecule has 2 aromatic heterocycles. The van der Waals surface area contributed by atoms with Crippen molar-refractivity contribution in [2.75, 3.05) is 11.5 Å². The van der Waals surface area contributed by atoms with Gasteiger partial charge in [-0.3, -0.25) is 4.68 Å². The van der Waals surface area contributed by atoms with Crippen LogP contribution in [-0.4, -0.2) is 19.7 Å². The molecule has 0 amide bonds. The van der Waals surface area contributed by atoms with Crippen LogP contribution in [0.25, 0.3) is 11.3 Å². The molecule has 0 unspecified atom stereocenters. The van der Waals surface area contributed by atoms with Crippen LogP contribution < -0.4 is 11.5 Å². The first-order valence-electron chi connectivity index (χ1n) is 6.05. The highest BCUT2D eigenvalue weighted by Crippen LogP contribution is 2.35. The van der Waals surface area contributed by atoms with Crippen molar-refractivity contribution in [2.24, 2.45) is 13.0 Å². The second-order valence-electron chi connectivity index (χ2n) is 4.81. The van der Waals surface area contributed by atoms with E-state index in [1.54, 1.807) is 6.07 Å². The maximum atomic E-state index is 5.71. The summed E-state index contributed by atoms with van der Waals surface area (Å²) < 4.78 is 1.90. The molecule has 0 bridgehead atoms. The highest BCUT2D eigenvalue weighted by Gasteiger charge is 2.25. The van der Waals surface area contributed by atoms with Gasteiger partial charge in [-0.15, -0.1) is 0 Å². The summed E-state index contributed by atoms with van der Waals surface area (Å²) in [7, 11) is 1.95. The van der Waals surface area contributed by atoms with E-state index >= 15 is 0 Å². The molecule has 0 atom stereocenters. The Hall–Kier alpha value is -2.11. The molecular formula is C12H16N6. The predicted molar refractivity (Wildman–Crippen MR) is 69.5 cm³/mol. The number of hydrogen-bond donors (Lipinski definition) is 2.